The molecule has 1 aromatic carbocycles. The van der Waals surface area contributed by atoms with Crippen LogP contribution in [0.3, 0.4) is 0 Å². The Morgan fingerprint density at radius 3 is 2.62 bits per heavy atom. The number of thioether (sulfide) groups is 1. The molecular weight excluding hydrogens is 220 g/mol. The SMILES string of the molecule is CC(C)=C[C@H]1OC(=O)S[C@H]1c1ccccc1. The minimum Gasteiger partial charge on any atom is -0.448 e. The van der Waals surface area contributed by atoms with Crippen molar-refractivity contribution in [2.75, 3.05) is 0 Å². The third-order valence-electron chi connectivity index (χ3n) is 2.38. The van der Waals surface area contributed by atoms with Gasteiger partial charge in [-0.05, 0) is 37.2 Å². The fourth-order valence-electron chi connectivity index (χ4n) is 1.72. The second-order valence-corrected chi connectivity index (χ2v) is 5.10. The predicted molar refractivity (Wildman–Crippen MR) is 66.5 cm³/mol. The van der Waals surface area contributed by atoms with Crippen LogP contribution in [0.15, 0.2) is 42.0 Å². The van der Waals surface area contributed by atoms with Crippen LogP contribution in [0, 0.1) is 0 Å². The first-order valence-corrected chi connectivity index (χ1v) is 6.12. The van der Waals surface area contributed by atoms with Gasteiger partial charge in [0.05, 0.1) is 5.25 Å². The molecule has 1 aliphatic heterocycles. The fraction of sp³-hybridized carbons (Fsp3) is 0.308. The molecule has 1 saturated heterocycles. The summed E-state index contributed by atoms with van der Waals surface area (Å²) in [5.41, 5.74) is 2.31. The lowest BCUT2D eigenvalue weighted by molar-refractivity contribution is 0.155. The maximum Gasteiger partial charge on any atom is 0.368 e. The molecule has 0 bridgehead atoms. The van der Waals surface area contributed by atoms with Crippen LogP contribution >= 0.6 is 11.8 Å². The van der Waals surface area contributed by atoms with Gasteiger partial charge in [-0.2, -0.15) is 0 Å². The van der Waals surface area contributed by atoms with E-state index in [0.717, 1.165) is 5.56 Å². The third-order valence-corrected chi connectivity index (χ3v) is 3.46. The van der Waals surface area contributed by atoms with Crippen molar-refractivity contribution in [2.45, 2.75) is 25.2 Å². The number of ether oxygens (including phenoxy) is 1. The van der Waals surface area contributed by atoms with Gasteiger partial charge in [-0.25, -0.2) is 4.79 Å². The molecule has 2 rings (SSSR count). The Hall–Kier alpha value is -1.22. The van der Waals surface area contributed by atoms with Crippen molar-refractivity contribution in [2.24, 2.45) is 0 Å². The van der Waals surface area contributed by atoms with Crippen LogP contribution in [0.2, 0.25) is 0 Å². The normalized spacial score (nSPS) is 24.0. The summed E-state index contributed by atoms with van der Waals surface area (Å²) in [5.74, 6) is 0. The molecule has 0 unspecified atom stereocenters. The summed E-state index contributed by atoms with van der Waals surface area (Å²) >= 11 is 1.26. The summed E-state index contributed by atoms with van der Waals surface area (Å²) in [6.45, 7) is 4.03. The van der Waals surface area contributed by atoms with Gasteiger partial charge in [0.25, 0.3) is 0 Å². The zero-order chi connectivity index (χ0) is 11.5. The van der Waals surface area contributed by atoms with Crippen molar-refractivity contribution in [1.29, 1.82) is 0 Å². The lowest BCUT2D eigenvalue weighted by Crippen LogP contribution is -2.10. The van der Waals surface area contributed by atoms with Gasteiger partial charge in [-0.3, -0.25) is 0 Å². The Labute approximate surface area is 99.7 Å². The van der Waals surface area contributed by atoms with E-state index >= 15 is 0 Å². The Morgan fingerprint density at radius 1 is 1.31 bits per heavy atom. The first-order valence-electron chi connectivity index (χ1n) is 5.24. The quantitative estimate of drug-likeness (QED) is 0.572. The van der Waals surface area contributed by atoms with Gasteiger partial charge in [0.15, 0.2) is 0 Å². The number of cyclic esters (lactones) is 1. The molecule has 0 N–H and O–H groups in total. The Kier molecular flexibility index (Phi) is 3.34. The van der Waals surface area contributed by atoms with Crippen LogP contribution in [0.4, 0.5) is 4.79 Å². The van der Waals surface area contributed by atoms with E-state index in [1.54, 1.807) is 0 Å². The lowest BCUT2D eigenvalue weighted by atomic mass is 10.1. The topological polar surface area (TPSA) is 26.3 Å². The average Bonchev–Trinajstić information content (AvgIpc) is 2.60. The molecule has 16 heavy (non-hydrogen) atoms. The number of hydrogen-bond acceptors (Lipinski definition) is 3. The van der Waals surface area contributed by atoms with Crippen LogP contribution in [0.25, 0.3) is 0 Å². The van der Waals surface area contributed by atoms with E-state index in [4.69, 9.17) is 4.74 Å². The summed E-state index contributed by atoms with van der Waals surface area (Å²) in [7, 11) is 0. The highest BCUT2D eigenvalue weighted by atomic mass is 32.2. The van der Waals surface area contributed by atoms with Crippen molar-refractivity contribution in [3.05, 3.63) is 47.5 Å². The van der Waals surface area contributed by atoms with Gasteiger partial charge < -0.3 is 4.74 Å². The highest BCUT2D eigenvalue weighted by Crippen LogP contribution is 2.42. The van der Waals surface area contributed by atoms with Gasteiger partial charge in [-0.15, -0.1) is 0 Å². The molecule has 1 aromatic rings. The zero-order valence-electron chi connectivity index (χ0n) is 9.34. The molecule has 3 heteroatoms. The highest BCUT2D eigenvalue weighted by molar-refractivity contribution is 8.13. The monoisotopic (exact) mass is 234 g/mol. The molecule has 84 valence electrons. The van der Waals surface area contributed by atoms with Gasteiger partial charge in [0.1, 0.15) is 6.10 Å². The maximum atomic E-state index is 11.3. The molecular formula is C13H14O2S. The molecule has 2 nitrogen and oxygen atoms in total. The van der Waals surface area contributed by atoms with Crippen LogP contribution in [0.1, 0.15) is 24.7 Å². The molecule has 0 radical (unpaired) electrons. The standard InChI is InChI=1S/C13H14O2S/c1-9(2)8-11-12(16-13(14)15-11)10-6-4-3-5-7-10/h3-8,11-12H,1-2H3/t11-,12+/m1/s1. The van der Waals surface area contributed by atoms with Crippen LogP contribution in [-0.4, -0.2) is 11.4 Å². The van der Waals surface area contributed by atoms with Crippen molar-refractivity contribution in [3.8, 4) is 0 Å². The second-order valence-electron chi connectivity index (χ2n) is 4.03. The second kappa shape index (κ2) is 4.74. The number of carbonyl (C=O) groups excluding carboxylic acids is 1. The summed E-state index contributed by atoms with van der Waals surface area (Å²) in [5, 5.41) is -0.0973. The first kappa shape index (κ1) is 11.3. The molecule has 1 heterocycles. The van der Waals surface area contributed by atoms with E-state index in [-0.39, 0.29) is 16.7 Å². The van der Waals surface area contributed by atoms with Crippen molar-refractivity contribution in [3.63, 3.8) is 0 Å². The predicted octanol–water partition coefficient (Wildman–Crippen LogP) is 3.95. The number of allylic oxidation sites excluding steroid dienone is 1. The van der Waals surface area contributed by atoms with Gasteiger partial charge in [-0.1, -0.05) is 35.9 Å². The molecule has 1 fully saturated rings. The van der Waals surface area contributed by atoms with Crippen molar-refractivity contribution in [1.82, 2.24) is 0 Å². The third kappa shape index (κ3) is 2.47. The van der Waals surface area contributed by atoms with Crippen molar-refractivity contribution < 1.29 is 9.53 Å². The molecule has 0 spiro atoms. The summed E-state index contributed by atoms with van der Waals surface area (Å²) in [6.07, 6.45) is 1.88. The lowest BCUT2D eigenvalue weighted by Gasteiger charge is -2.13. The maximum absolute atomic E-state index is 11.3. The van der Waals surface area contributed by atoms with E-state index in [1.165, 1.54) is 17.3 Å². The smallest absolute Gasteiger partial charge is 0.368 e. The molecule has 0 aliphatic carbocycles. The van der Waals surface area contributed by atoms with E-state index < -0.39 is 0 Å². The van der Waals surface area contributed by atoms with Crippen LogP contribution < -0.4 is 0 Å². The van der Waals surface area contributed by atoms with Crippen LogP contribution in [-0.2, 0) is 4.74 Å². The van der Waals surface area contributed by atoms with Gasteiger partial charge >= 0.3 is 5.30 Å². The van der Waals surface area contributed by atoms with E-state index in [0.29, 0.717) is 0 Å². The summed E-state index contributed by atoms with van der Waals surface area (Å²) in [4.78, 5) is 11.3. The summed E-state index contributed by atoms with van der Waals surface area (Å²) < 4.78 is 5.29. The molecule has 1 aliphatic rings. The van der Waals surface area contributed by atoms with Crippen molar-refractivity contribution >= 4 is 17.1 Å². The largest absolute Gasteiger partial charge is 0.448 e. The number of benzene rings is 1. The molecule has 0 amide bonds. The minimum atomic E-state index is -0.184. The Balaban J connectivity index is 2.26. The van der Waals surface area contributed by atoms with Gasteiger partial charge in [0, 0.05) is 0 Å². The Bertz CT molecular complexity index is 407. The van der Waals surface area contributed by atoms with Gasteiger partial charge in [0.2, 0.25) is 0 Å². The Morgan fingerprint density at radius 2 is 2.00 bits per heavy atom. The van der Waals surface area contributed by atoms with Crippen LogP contribution in [0.5, 0.6) is 0 Å². The fourth-order valence-corrected chi connectivity index (χ4v) is 2.66. The zero-order valence-corrected chi connectivity index (χ0v) is 10.2. The number of hydrogen-bond donors (Lipinski definition) is 0. The molecule has 0 saturated carbocycles. The average molecular weight is 234 g/mol. The number of carbonyl (C=O) groups is 1. The molecule has 2 atom stereocenters. The van der Waals surface area contributed by atoms with E-state index in [2.05, 4.69) is 0 Å². The highest BCUT2D eigenvalue weighted by Gasteiger charge is 2.35. The number of rotatable bonds is 2. The first-order chi connectivity index (χ1) is 7.66. The van der Waals surface area contributed by atoms with E-state index in [1.807, 2.05) is 50.3 Å². The van der Waals surface area contributed by atoms with E-state index in [9.17, 15) is 4.79 Å². The minimum absolute atomic E-state index is 0.0867. The summed E-state index contributed by atoms with van der Waals surface area (Å²) in [6, 6.07) is 10.0. The molecule has 0 aromatic heterocycles.